The fourth-order valence-corrected chi connectivity index (χ4v) is 3.41. The first kappa shape index (κ1) is 19.9. The summed E-state index contributed by atoms with van der Waals surface area (Å²) < 4.78 is 0. The highest BCUT2D eigenvalue weighted by molar-refractivity contribution is 5.89. The molecule has 1 fully saturated rings. The summed E-state index contributed by atoms with van der Waals surface area (Å²) in [4.78, 5) is 28.2. The van der Waals surface area contributed by atoms with Gasteiger partial charge in [-0.2, -0.15) is 0 Å². The molecule has 6 heteroatoms. The van der Waals surface area contributed by atoms with E-state index in [1.165, 1.54) is 12.5 Å². The molecule has 0 radical (unpaired) electrons. The number of benzene rings is 2. The van der Waals surface area contributed by atoms with Crippen LogP contribution in [0, 0.1) is 0 Å². The maximum absolute atomic E-state index is 12.8. The molecule has 6 nitrogen and oxygen atoms in total. The number of nitrogens with one attached hydrogen (secondary N) is 2. The maximum Gasteiger partial charge on any atom is 0.244 e. The molecule has 2 aromatic rings. The summed E-state index contributed by atoms with van der Waals surface area (Å²) in [5.41, 5.74) is 2.91. The number of anilines is 2. The van der Waals surface area contributed by atoms with Crippen molar-refractivity contribution in [1.82, 2.24) is 9.80 Å². The highest BCUT2D eigenvalue weighted by Crippen LogP contribution is 2.16. The van der Waals surface area contributed by atoms with Gasteiger partial charge in [-0.1, -0.05) is 30.3 Å². The number of hydrogen-bond donors (Lipinski definition) is 2. The predicted octanol–water partition coefficient (Wildman–Crippen LogP) is 2.79. The molecule has 0 unspecified atom stereocenters. The van der Waals surface area contributed by atoms with Crippen LogP contribution in [0.15, 0.2) is 54.6 Å². The van der Waals surface area contributed by atoms with Gasteiger partial charge in [-0.05, 0) is 36.8 Å². The van der Waals surface area contributed by atoms with Gasteiger partial charge in [-0.15, -0.1) is 0 Å². The summed E-state index contributed by atoms with van der Waals surface area (Å²) in [5, 5.41) is 5.99. The minimum atomic E-state index is -0.299. The normalized spacial score (nSPS) is 15.7. The zero-order chi connectivity index (χ0) is 19.9. The Morgan fingerprint density at radius 2 is 1.54 bits per heavy atom. The number of carbonyl (C=O) groups excluding carboxylic acids is 2. The molecule has 1 aliphatic rings. The lowest BCUT2D eigenvalue weighted by Gasteiger charge is -2.36. The molecule has 0 bridgehead atoms. The van der Waals surface area contributed by atoms with Crippen LogP contribution in [0.3, 0.4) is 0 Å². The molecule has 3 rings (SSSR count). The Morgan fingerprint density at radius 3 is 2.14 bits per heavy atom. The van der Waals surface area contributed by atoms with Gasteiger partial charge in [0.25, 0.3) is 0 Å². The van der Waals surface area contributed by atoms with Crippen molar-refractivity contribution in [1.29, 1.82) is 0 Å². The molecule has 1 aliphatic heterocycles. The van der Waals surface area contributed by atoms with Gasteiger partial charge in [0.2, 0.25) is 11.8 Å². The van der Waals surface area contributed by atoms with Gasteiger partial charge in [0.15, 0.2) is 0 Å². The van der Waals surface area contributed by atoms with Crippen LogP contribution in [0.4, 0.5) is 11.4 Å². The van der Waals surface area contributed by atoms with Gasteiger partial charge < -0.3 is 15.5 Å². The molecule has 0 saturated carbocycles. The Bertz CT molecular complexity index is 784. The SMILES string of the molecule is CC(=O)Nc1ccc(N[C@@H](C)C(=O)N2CCN(Cc3ccccc3)CC2)cc1. The Balaban J connectivity index is 1.47. The standard InChI is InChI=1S/C22H28N4O2/c1-17(23-20-8-10-21(11-9-20)24-18(2)27)22(28)26-14-12-25(13-15-26)16-19-6-4-3-5-7-19/h3-11,17,23H,12-16H2,1-2H3,(H,24,27)/t17-/m0/s1. The van der Waals surface area contributed by atoms with Crippen molar-refractivity contribution in [2.24, 2.45) is 0 Å². The van der Waals surface area contributed by atoms with Crippen LogP contribution in [-0.2, 0) is 16.1 Å². The molecular weight excluding hydrogens is 352 g/mol. The summed E-state index contributed by atoms with van der Waals surface area (Å²) >= 11 is 0. The van der Waals surface area contributed by atoms with E-state index >= 15 is 0 Å². The van der Waals surface area contributed by atoms with Crippen LogP contribution < -0.4 is 10.6 Å². The summed E-state index contributed by atoms with van der Waals surface area (Å²) in [6.07, 6.45) is 0. The summed E-state index contributed by atoms with van der Waals surface area (Å²) in [6, 6.07) is 17.5. The molecule has 2 amide bonds. The lowest BCUT2D eigenvalue weighted by Crippen LogP contribution is -2.51. The monoisotopic (exact) mass is 380 g/mol. The minimum absolute atomic E-state index is 0.101. The smallest absolute Gasteiger partial charge is 0.244 e. The van der Waals surface area contributed by atoms with Gasteiger partial charge in [0, 0.05) is 51.0 Å². The summed E-state index contributed by atoms with van der Waals surface area (Å²) in [7, 11) is 0. The Morgan fingerprint density at radius 1 is 0.929 bits per heavy atom. The van der Waals surface area contributed by atoms with E-state index in [9.17, 15) is 9.59 Å². The lowest BCUT2D eigenvalue weighted by molar-refractivity contribution is -0.133. The highest BCUT2D eigenvalue weighted by atomic mass is 16.2. The van der Waals surface area contributed by atoms with Crippen molar-refractivity contribution in [2.45, 2.75) is 26.4 Å². The van der Waals surface area contributed by atoms with Crippen molar-refractivity contribution in [3.05, 3.63) is 60.2 Å². The molecule has 28 heavy (non-hydrogen) atoms. The Hall–Kier alpha value is -2.86. The fraction of sp³-hybridized carbons (Fsp3) is 0.364. The predicted molar refractivity (Wildman–Crippen MR) is 112 cm³/mol. The largest absolute Gasteiger partial charge is 0.374 e. The number of rotatable bonds is 6. The van der Waals surface area contributed by atoms with Crippen LogP contribution in [-0.4, -0.2) is 53.8 Å². The summed E-state index contributed by atoms with van der Waals surface area (Å²) in [6.45, 7) is 7.57. The maximum atomic E-state index is 12.8. The molecule has 1 saturated heterocycles. The molecule has 2 aromatic carbocycles. The molecule has 0 spiro atoms. The molecule has 2 N–H and O–H groups in total. The Labute approximate surface area is 166 Å². The molecule has 0 aliphatic carbocycles. The van der Waals surface area contributed by atoms with Crippen LogP contribution in [0.25, 0.3) is 0 Å². The molecule has 1 atom stereocenters. The van der Waals surface area contributed by atoms with Crippen LogP contribution in [0.1, 0.15) is 19.4 Å². The number of amides is 2. The number of nitrogens with zero attached hydrogens (tertiary/aromatic N) is 2. The first-order valence-electron chi connectivity index (χ1n) is 9.70. The Kier molecular flexibility index (Phi) is 6.66. The number of carbonyl (C=O) groups is 2. The van der Waals surface area contributed by atoms with Crippen LogP contribution in [0.5, 0.6) is 0 Å². The van der Waals surface area contributed by atoms with E-state index in [1.54, 1.807) is 0 Å². The van der Waals surface area contributed by atoms with Crippen molar-refractivity contribution in [3.8, 4) is 0 Å². The second kappa shape index (κ2) is 9.37. The summed E-state index contributed by atoms with van der Waals surface area (Å²) in [5.74, 6) is 0.0148. The zero-order valence-corrected chi connectivity index (χ0v) is 16.5. The minimum Gasteiger partial charge on any atom is -0.374 e. The molecule has 0 aromatic heterocycles. The quantitative estimate of drug-likeness (QED) is 0.809. The average molecular weight is 380 g/mol. The van der Waals surface area contributed by atoms with Gasteiger partial charge in [-0.25, -0.2) is 0 Å². The van der Waals surface area contributed by atoms with E-state index in [4.69, 9.17) is 0 Å². The van der Waals surface area contributed by atoms with Crippen LogP contribution in [0.2, 0.25) is 0 Å². The van der Waals surface area contributed by atoms with Crippen molar-refractivity contribution >= 4 is 23.2 Å². The van der Waals surface area contributed by atoms with E-state index < -0.39 is 0 Å². The molecular formula is C22H28N4O2. The van der Waals surface area contributed by atoms with Crippen LogP contribution >= 0.6 is 0 Å². The van der Waals surface area contributed by atoms with Crippen molar-refractivity contribution in [2.75, 3.05) is 36.8 Å². The van der Waals surface area contributed by atoms with Gasteiger partial charge in [0.05, 0.1) is 0 Å². The number of hydrogen-bond acceptors (Lipinski definition) is 4. The highest BCUT2D eigenvalue weighted by Gasteiger charge is 2.24. The lowest BCUT2D eigenvalue weighted by atomic mass is 10.2. The zero-order valence-electron chi connectivity index (χ0n) is 16.5. The molecule has 1 heterocycles. The first-order chi connectivity index (χ1) is 13.5. The first-order valence-corrected chi connectivity index (χ1v) is 9.70. The van der Waals surface area contributed by atoms with E-state index in [-0.39, 0.29) is 17.9 Å². The van der Waals surface area contributed by atoms with E-state index in [2.05, 4.69) is 39.8 Å². The van der Waals surface area contributed by atoms with Gasteiger partial charge in [-0.3, -0.25) is 14.5 Å². The fourth-order valence-electron chi connectivity index (χ4n) is 3.41. The third-order valence-corrected chi connectivity index (χ3v) is 4.89. The second-order valence-electron chi connectivity index (χ2n) is 7.21. The van der Waals surface area contributed by atoms with E-state index in [0.29, 0.717) is 0 Å². The average Bonchev–Trinajstić information content (AvgIpc) is 2.70. The van der Waals surface area contributed by atoms with Crippen molar-refractivity contribution < 1.29 is 9.59 Å². The van der Waals surface area contributed by atoms with E-state index in [0.717, 1.165) is 44.1 Å². The molecule has 148 valence electrons. The third kappa shape index (κ3) is 5.57. The second-order valence-corrected chi connectivity index (χ2v) is 7.21. The number of piperazine rings is 1. The van der Waals surface area contributed by atoms with Gasteiger partial charge >= 0.3 is 0 Å². The van der Waals surface area contributed by atoms with E-state index in [1.807, 2.05) is 42.2 Å². The topological polar surface area (TPSA) is 64.7 Å². The third-order valence-electron chi connectivity index (χ3n) is 4.89. The van der Waals surface area contributed by atoms with Gasteiger partial charge in [0.1, 0.15) is 6.04 Å². The van der Waals surface area contributed by atoms with Crippen molar-refractivity contribution in [3.63, 3.8) is 0 Å².